The summed E-state index contributed by atoms with van der Waals surface area (Å²) >= 11 is 0. The van der Waals surface area contributed by atoms with Crippen LogP contribution in [0.25, 0.3) is 0 Å². The van der Waals surface area contributed by atoms with E-state index in [1.165, 1.54) is 4.31 Å². The molecule has 1 aromatic rings. The van der Waals surface area contributed by atoms with Gasteiger partial charge in [-0.2, -0.15) is 4.31 Å². The molecule has 0 N–H and O–H groups in total. The Kier molecular flexibility index (Phi) is 3.41. The van der Waals surface area contributed by atoms with E-state index in [0.29, 0.717) is 24.7 Å². The van der Waals surface area contributed by atoms with E-state index >= 15 is 0 Å². The summed E-state index contributed by atoms with van der Waals surface area (Å²) in [7, 11) is -1.83. The van der Waals surface area contributed by atoms with Gasteiger partial charge in [0.05, 0.1) is 4.90 Å². The van der Waals surface area contributed by atoms with E-state index in [9.17, 15) is 8.42 Å². The molecule has 1 fully saturated rings. The SMILES string of the molecule is CN(C1CC(C)(C)C1)S(=O)(=O)c1ccc2c(c1)OCCO2. The lowest BCUT2D eigenvalue weighted by Crippen LogP contribution is -2.49. The van der Waals surface area contributed by atoms with Gasteiger partial charge in [-0.1, -0.05) is 13.8 Å². The molecule has 0 unspecified atom stereocenters. The highest BCUT2D eigenvalue weighted by atomic mass is 32.2. The molecule has 0 spiro atoms. The zero-order chi connectivity index (χ0) is 15.3. The molecule has 1 aromatic carbocycles. The number of sulfonamides is 1. The quantitative estimate of drug-likeness (QED) is 0.859. The summed E-state index contributed by atoms with van der Waals surface area (Å²) in [4.78, 5) is 0.263. The van der Waals surface area contributed by atoms with Crippen molar-refractivity contribution in [2.75, 3.05) is 20.3 Å². The second-order valence-corrected chi connectivity index (χ2v) is 8.55. The van der Waals surface area contributed by atoms with Gasteiger partial charge in [0.1, 0.15) is 13.2 Å². The van der Waals surface area contributed by atoms with E-state index in [-0.39, 0.29) is 16.4 Å². The van der Waals surface area contributed by atoms with Crippen molar-refractivity contribution in [3.63, 3.8) is 0 Å². The van der Waals surface area contributed by atoms with E-state index in [4.69, 9.17) is 9.47 Å². The van der Waals surface area contributed by atoms with Crippen LogP contribution in [0.4, 0.5) is 0 Å². The Hall–Kier alpha value is -1.27. The van der Waals surface area contributed by atoms with Gasteiger partial charge in [0.25, 0.3) is 0 Å². The Morgan fingerprint density at radius 2 is 1.76 bits per heavy atom. The van der Waals surface area contributed by atoms with Gasteiger partial charge in [-0.15, -0.1) is 0 Å². The van der Waals surface area contributed by atoms with Crippen LogP contribution in [-0.2, 0) is 10.0 Å². The topological polar surface area (TPSA) is 55.8 Å². The van der Waals surface area contributed by atoms with Crippen molar-refractivity contribution in [3.8, 4) is 11.5 Å². The third-order valence-corrected chi connectivity index (χ3v) is 6.19. The van der Waals surface area contributed by atoms with E-state index in [1.54, 1.807) is 25.2 Å². The molecule has 3 rings (SSSR count). The first-order valence-electron chi connectivity index (χ1n) is 7.17. The minimum absolute atomic E-state index is 0.0817. The third-order valence-electron chi connectivity index (χ3n) is 4.28. The van der Waals surface area contributed by atoms with Gasteiger partial charge in [0.2, 0.25) is 10.0 Å². The van der Waals surface area contributed by atoms with Crippen LogP contribution in [0.15, 0.2) is 23.1 Å². The van der Waals surface area contributed by atoms with Gasteiger partial charge in [-0.05, 0) is 30.4 Å². The molecular weight excluding hydrogens is 290 g/mol. The van der Waals surface area contributed by atoms with Crippen LogP contribution in [0.2, 0.25) is 0 Å². The van der Waals surface area contributed by atoms with Gasteiger partial charge in [-0.3, -0.25) is 0 Å². The smallest absolute Gasteiger partial charge is 0.243 e. The molecule has 5 nitrogen and oxygen atoms in total. The minimum atomic E-state index is -3.48. The summed E-state index contributed by atoms with van der Waals surface area (Å²) in [5.74, 6) is 1.11. The highest BCUT2D eigenvalue weighted by Crippen LogP contribution is 2.44. The molecule has 1 aliphatic carbocycles. The van der Waals surface area contributed by atoms with Crippen molar-refractivity contribution in [2.45, 2.75) is 37.6 Å². The van der Waals surface area contributed by atoms with E-state index in [1.807, 2.05) is 0 Å². The lowest BCUT2D eigenvalue weighted by Gasteiger charge is -2.46. The number of ether oxygens (including phenoxy) is 2. The van der Waals surface area contributed by atoms with Crippen LogP contribution in [0, 0.1) is 5.41 Å². The first kappa shape index (κ1) is 14.7. The van der Waals surface area contributed by atoms with E-state index in [2.05, 4.69) is 13.8 Å². The molecule has 0 saturated heterocycles. The van der Waals surface area contributed by atoms with E-state index < -0.39 is 10.0 Å². The van der Waals surface area contributed by atoms with Crippen LogP contribution in [0.3, 0.4) is 0 Å². The molecule has 0 amide bonds. The zero-order valence-corrected chi connectivity index (χ0v) is 13.4. The Morgan fingerprint density at radius 3 is 2.38 bits per heavy atom. The van der Waals surface area contributed by atoms with Crippen molar-refractivity contribution in [2.24, 2.45) is 5.41 Å². The highest BCUT2D eigenvalue weighted by molar-refractivity contribution is 7.89. The number of rotatable bonds is 3. The van der Waals surface area contributed by atoms with Crippen LogP contribution >= 0.6 is 0 Å². The Labute approximate surface area is 125 Å². The Balaban J connectivity index is 1.85. The number of nitrogens with zero attached hydrogens (tertiary/aromatic N) is 1. The molecule has 0 atom stereocenters. The second-order valence-electron chi connectivity index (χ2n) is 6.55. The van der Waals surface area contributed by atoms with Crippen molar-refractivity contribution in [1.29, 1.82) is 0 Å². The van der Waals surface area contributed by atoms with Gasteiger partial charge >= 0.3 is 0 Å². The summed E-state index contributed by atoms with van der Waals surface area (Å²) in [5.41, 5.74) is 0.237. The maximum atomic E-state index is 12.7. The third kappa shape index (κ3) is 2.62. The van der Waals surface area contributed by atoms with Crippen LogP contribution < -0.4 is 9.47 Å². The molecule has 6 heteroatoms. The van der Waals surface area contributed by atoms with Gasteiger partial charge in [-0.25, -0.2) is 8.42 Å². The van der Waals surface area contributed by atoms with Crippen LogP contribution in [0.1, 0.15) is 26.7 Å². The van der Waals surface area contributed by atoms with Gasteiger partial charge < -0.3 is 9.47 Å². The molecule has 116 valence electrons. The maximum Gasteiger partial charge on any atom is 0.243 e. The molecule has 2 aliphatic rings. The van der Waals surface area contributed by atoms with Crippen molar-refractivity contribution in [1.82, 2.24) is 4.31 Å². The number of hydrogen-bond donors (Lipinski definition) is 0. The zero-order valence-electron chi connectivity index (χ0n) is 12.6. The average molecular weight is 311 g/mol. The molecular formula is C15H21NO4S. The summed E-state index contributed by atoms with van der Waals surface area (Å²) < 4.78 is 37.8. The highest BCUT2D eigenvalue weighted by Gasteiger charge is 2.42. The molecule has 1 aliphatic heterocycles. The first-order valence-corrected chi connectivity index (χ1v) is 8.61. The summed E-state index contributed by atoms with van der Waals surface area (Å²) in [6.45, 7) is 5.27. The molecule has 0 aromatic heterocycles. The Morgan fingerprint density at radius 1 is 1.14 bits per heavy atom. The van der Waals surface area contributed by atoms with Crippen molar-refractivity contribution in [3.05, 3.63) is 18.2 Å². The molecule has 0 radical (unpaired) electrons. The predicted octanol–water partition coefficient (Wildman–Crippen LogP) is 2.27. The fraction of sp³-hybridized carbons (Fsp3) is 0.600. The molecule has 1 saturated carbocycles. The van der Waals surface area contributed by atoms with Gasteiger partial charge in [0, 0.05) is 19.2 Å². The normalized spacial score (nSPS) is 21.1. The van der Waals surface area contributed by atoms with Crippen molar-refractivity contribution < 1.29 is 17.9 Å². The fourth-order valence-electron chi connectivity index (χ4n) is 3.02. The second kappa shape index (κ2) is 4.88. The Bertz CT molecular complexity index is 646. The average Bonchev–Trinajstić information content (AvgIpc) is 2.43. The molecule has 21 heavy (non-hydrogen) atoms. The monoisotopic (exact) mass is 311 g/mol. The molecule has 1 heterocycles. The largest absolute Gasteiger partial charge is 0.486 e. The summed E-state index contributed by atoms with van der Waals surface area (Å²) in [6, 6.07) is 4.89. The minimum Gasteiger partial charge on any atom is -0.486 e. The van der Waals surface area contributed by atoms with E-state index in [0.717, 1.165) is 12.8 Å². The fourth-order valence-corrected chi connectivity index (χ4v) is 4.39. The first-order chi connectivity index (χ1) is 9.79. The van der Waals surface area contributed by atoms with Crippen LogP contribution in [-0.4, -0.2) is 39.0 Å². The van der Waals surface area contributed by atoms with Crippen LogP contribution in [0.5, 0.6) is 11.5 Å². The lowest BCUT2D eigenvalue weighted by atomic mass is 9.68. The number of fused-ring (bicyclic) bond motifs is 1. The predicted molar refractivity (Wildman–Crippen MR) is 79.2 cm³/mol. The lowest BCUT2D eigenvalue weighted by molar-refractivity contribution is 0.0856. The number of hydrogen-bond acceptors (Lipinski definition) is 4. The molecule has 0 bridgehead atoms. The maximum absolute atomic E-state index is 12.7. The number of benzene rings is 1. The van der Waals surface area contributed by atoms with Gasteiger partial charge in [0.15, 0.2) is 11.5 Å². The standard InChI is InChI=1S/C15H21NO4S/c1-15(2)9-11(10-15)16(3)21(17,18)12-4-5-13-14(8-12)20-7-6-19-13/h4-5,8,11H,6-7,9-10H2,1-3H3. The van der Waals surface area contributed by atoms with Crippen molar-refractivity contribution >= 4 is 10.0 Å². The summed E-state index contributed by atoms with van der Waals surface area (Å²) in [6.07, 6.45) is 1.79. The summed E-state index contributed by atoms with van der Waals surface area (Å²) in [5, 5.41) is 0.